The minimum absolute atomic E-state index is 0.00295. The molecular formula is C32H42ClN3O5. The lowest BCUT2D eigenvalue weighted by Crippen LogP contribution is -2.27. The van der Waals surface area contributed by atoms with Gasteiger partial charge in [0.2, 0.25) is 5.91 Å². The molecule has 0 saturated carbocycles. The van der Waals surface area contributed by atoms with E-state index >= 15 is 0 Å². The normalized spacial score (nSPS) is 10.4. The highest BCUT2D eigenvalue weighted by molar-refractivity contribution is 6.21. The van der Waals surface area contributed by atoms with Gasteiger partial charge >= 0.3 is 12.2 Å². The Balaban J connectivity index is 0.000000538. The second kappa shape index (κ2) is 22.7. The molecule has 0 bridgehead atoms. The molecule has 1 atom stereocenters. The molecule has 0 heterocycles. The van der Waals surface area contributed by atoms with E-state index in [9.17, 15) is 14.4 Å². The van der Waals surface area contributed by atoms with Gasteiger partial charge in [0.1, 0.15) is 13.2 Å². The van der Waals surface area contributed by atoms with Crippen LogP contribution in [0.5, 0.6) is 0 Å². The van der Waals surface area contributed by atoms with Crippen LogP contribution < -0.4 is 16.4 Å². The molecule has 3 aromatic rings. The third-order valence-electron chi connectivity index (χ3n) is 5.43. The summed E-state index contributed by atoms with van der Waals surface area (Å²) in [4.78, 5) is 33.7. The minimum atomic E-state index is -0.742. The first-order chi connectivity index (χ1) is 19.9. The Kier molecular flexibility index (Phi) is 19.4. The second-order valence-electron chi connectivity index (χ2n) is 8.57. The van der Waals surface area contributed by atoms with Crippen LogP contribution in [-0.2, 0) is 27.5 Å². The first-order valence-corrected chi connectivity index (χ1v) is 14.2. The van der Waals surface area contributed by atoms with Gasteiger partial charge in [-0.25, -0.2) is 9.59 Å². The van der Waals surface area contributed by atoms with E-state index in [0.717, 1.165) is 36.0 Å². The number of hydrogen-bond donors (Lipinski definition) is 3. The fourth-order valence-electron chi connectivity index (χ4n) is 3.35. The van der Waals surface area contributed by atoms with Crippen LogP contribution in [0.1, 0.15) is 61.6 Å². The number of carbonyl (C=O) groups excluding carboxylic acids is 3. The SMILES string of the molecule is CC.NC(=O)OCc1ccccc1.O=C(CCCCCNC(=O)OCc1ccccc1)NCC(Cl)c1ccccc1. The molecule has 41 heavy (non-hydrogen) atoms. The molecule has 1 unspecified atom stereocenters. The first kappa shape index (κ1) is 35.0. The first-order valence-electron chi connectivity index (χ1n) is 13.8. The van der Waals surface area contributed by atoms with Crippen molar-refractivity contribution in [3.63, 3.8) is 0 Å². The third-order valence-corrected chi connectivity index (χ3v) is 5.83. The van der Waals surface area contributed by atoms with Crippen molar-refractivity contribution in [2.45, 2.75) is 58.1 Å². The zero-order valence-electron chi connectivity index (χ0n) is 23.9. The van der Waals surface area contributed by atoms with E-state index in [-0.39, 0.29) is 24.5 Å². The van der Waals surface area contributed by atoms with E-state index in [1.807, 2.05) is 105 Å². The zero-order chi connectivity index (χ0) is 30.1. The highest BCUT2D eigenvalue weighted by atomic mass is 35.5. The molecule has 3 aromatic carbocycles. The Morgan fingerprint density at radius 3 is 1.78 bits per heavy atom. The van der Waals surface area contributed by atoms with E-state index in [0.29, 0.717) is 19.5 Å². The lowest BCUT2D eigenvalue weighted by atomic mass is 10.1. The number of ether oxygens (including phenoxy) is 2. The molecule has 3 amide bonds. The number of primary amides is 1. The Hall–Kier alpha value is -4.04. The molecule has 0 saturated heterocycles. The van der Waals surface area contributed by atoms with E-state index in [2.05, 4.69) is 15.4 Å². The van der Waals surface area contributed by atoms with Crippen molar-refractivity contribution in [1.82, 2.24) is 10.6 Å². The highest BCUT2D eigenvalue weighted by Gasteiger charge is 2.09. The summed E-state index contributed by atoms with van der Waals surface area (Å²) in [5.41, 5.74) is 7.66. The number of alkyl carbamates (subject to hydrolysis) is 1. The number of hydrogen-bond acceptors (Lipinski definition) is 5. The fraction of sp³-hybridized carbons (Fsp3) is 0.344. The van der Waals surface area contributed by atoms with Gasteiger partial charge < -0.3 is 25.8 Å². The van der Waals surface area contributed by atoms with E-state index < -0.39 is 12.2 Å². The number of nitrogens with one attached hydrogen (secondary N) is 2. The third kappa shape index (κ3) is 18.0. The van der Waals surface area contributed by atoms with Crippen molar-refractivity contribution in [3.8, 4) is 0 Å². The van der Waals surface area contributed by atoms with Gasteiger partial charge in [0.15, 0.2) is 0 Å². The molecule has 222 valence electrons. The van der Waals surface area contributed by atoms with Gasteiger partial charge in [0.25, 0.3) is 0 Å². The molecule has 4 N–H and O–H groups in total. The van der Waals surface area contributed by atoms with E-state index in [1.165, 1.54) is 0 Å². The Morgan fingerprint density at radius 2 is 1.24 bits per heavy atom. The van der Waals surface area contributed by atoms with Crippen LogP contribution in [0.25, 0.3) is 0 Å². The number of rotatable bonds is 13. The van der Waals surface area contributed by atoms with Crippen LogP contribution in [-0.4, -0.2) is 31.2 Å². The maximum absolute atomic E-state index is 11.9. The number of unbranched alkanes of at least 4 members (excludes halogenated alkanes) is 2. The quantitative estimate of drug-likeness (QED) is 0.150. The van der Waals surface area contributed by atoms with Crippen LogP contribution >= 0.6 is 11.6 Å². The van der Waals surface area contributed by atoms with Crippen molar-refractivity contribution in [1.29, 1.82) is 0 Å². The van der Waals surface area contributed by atoms with Crippen LogP contribution in [0.3, 0.4) is 0 Å². The summed E-state index contributed by atoms with van der Waals surface area (Å²) in [5, 5.41) is 5.36. The smallest absolute Gasteiger partial charge is 0.407 e. The van der Waals surface area contributed by atoms with Crippen molar-refractivity contribution < 1.29 is 23.9 Å². The van der Waals surface area contributed by atoms with Gasteiger partial charge in [-0.1, -0.05) is 111 Å². The topological polar surface area (TPSA) is 120 Å². The van der Waals surface area contributed by atoms with Gasteiger partial charge in [0.05, 0.1) is 5.38 Å². The Labute approximate surface area is 248 Å². The standard InChI is InChI=1S/C22H27ClN2O3.C8H9NO2.C2H6/c23-20(19-12-6-2-7-13-19)16-25-21(26)14-8-3-9-15-24-22(27)28-17-18-10-4-1-5-11-18;9-8(10)11-6-7-4-2-1-3-5-7;1-2/h1-2,4-7,10-13,20H,3,8-9,14-17H2,(H,24,27)(H,25,26);1-5H,6H2,(H2,9,10);1-2H3. The van der Waals surface area contributed by atoms with E-state index in [1.54, 1.807) is 0 Å². The van der Waals surface area contributed by atoms with Gasteiger partial charge in [-0.3, -0.25) is 4.79 Å². The molecule has 9 heteroatoms. The van der Waals surface area contributed by atoms with E-state index in [4.69, 9.17) is 22.1 Å². The molecule has 0 aliphatic carbocycles. The molecular weight excluding hydrogens is 542 g/mol. The largest absolute Gasteiger partial charge is 0.445 e. The Bertz CT molecular complexity index is 1100. The molecule has 0 fully saturated rings. The summed E-state index contributed by atoms with van der Waals surface area (Å²) in [5.74, 6) is -0.00295. The van der Waals surface area contributed by atoms with Crippen molar-refractivity contribution in [2.75, 3.05) is 13.1 Å². The van der Waals surface area contributed by atoms with Crippen LogP contribution in [0.4, 0.5) is 9.59 Å². The maximum Gasteiger partial charge on any atom is 0.407 e. The summed E-state index contributed by atoms with van der Waals surface area (Å²) in [6.45, 7) is 5.46. The lowest BCUT2D eigenvalue weighted by Gasteiger charge is -2.11. The molecule has 8 nitrogen and oxygen atoms in total. The predicted molar refractivity (Wildman–Crippen MR) is 163 cm³/mol. The molecule has 0 aromatic heterocycles. The maximum atomic E-state index is 11.9. The van der Waals surface area contributed by atoms with Gasteiger partial charge in [-0.05, 0) is 29.5 Å². The number of benzene rings is 3. The van der Waals surface area contributed by atoms with Gasteiger partial charge in [-0.15, -0.1) is 11.6 Å². The average Bonchev–Trinajstić information content (AvgIpc) is 3.02. The summed E-state index contributed by atoms with van der Waals surface area (Å²) >= 11 is 6.28. The van der Waals surface area contributed by atoms with Crippen LogP contribution in [0, 0.1) is 0 Å². The van der Waals surface area contributed by atoms with Crippen LogP contribution in [0.2, 0.25) is 0 Å². The lowest BCUT2D eigenvalue weighted by molar-refractivity contribution is -0.121. The number of nitrogens with two attached hydrogens (primary N) is 1. The molecule has 0 aliphatic heterocycles. The number of halogens is 1. The number of carbonyl (C=O) groups is 3. The van der Waals surface area contributed by atoms with Crippen molar-refractivity contribution in [3.05, 3.63) is 108 Å². The summed E-state index contributed by atoms with van der Waals surface area (Å²) in [7, 11) is 0. The second-order valence-corrected chi connectivity index (χ2v) is 9.10. The molecule has 0 spiro atoms. The molecule has 3 rings (SSSR count). The van der Waals surface area contributed by atoms with Crippen molar-refractivity contribution in [2.24, 2.45) is 5.73 Å². The fourth-order valence-corrected chi connectivity index (χ4v) is 3.57. The summed E-state index contributed by atoms with van der Waals surface area (Å²) in [6.07, 6.45) is 1.72. The summed E-state index contributed by atoms with van der Waals surface area (Å²) in [6, 6.07) is 28.6. The van der Waals surface area contributed by atoms with Gasteiger partial charge in [0, 0.05) is 19.5 Å². The number of alkyl halides is 1. The minimum Gasteiger partial charge on any atom is -0.445 e. The Morgan fingerprint density at radius 1 is 0.732 bits per heavy atom. The molecule has 0 radical (unpaired) electrons. The molecule has 0 aliphatic rings. The predicted octanol–water partition coefficient (Wildman–Crippen LogP) is 6.88. The van der Waals surface area contributed by atoms with Gasteiger partial charge in [-0.2, -0.15) is 0 Å². The average molecular weight is 584 g/mol. The highest BCUT2D eigenvalue weighted by Crippen LogP contribution is 2.18. The van der Waals surface area contributed by atoms with Crippen molar-refractivity contribution >= 4 is 29.7 Å². The zero-order valence-corrected chi connectivity index (χ0v) is 24.6. The van der Waals surface area contributed by atoms with Crippen LogP contribution in [0.15, 0.2) is 91.0 Å². The number of amides is 3. The monoisotopic (exact) mass is 583 g/mol. The summed E-state index contributed by atoms with van der Waals surface area (Å²) < 4.78 is 9.70.